The summed E-state index contributed by atoms with van der Waals surface area (Å²) < 4.78 is 6.02. The SMILES string of the molecule is C=C/C=C(\N=C)NC1c2ccc3cccnc3c2OC1C. The number of aliphatic imine (C=N–C) groups is 1. The molecule has 1 aliphatic rings. The summed E-state index contributed by atoms with van der Waals surface area (Å²) in [6, 6.07) is 8.12. The molecule has 0 spiro atoms. The number of ether oxygens (including phenoxy) is 1. The number of hydrogen-bond acceptors (Lipinski definition) is 4. The van der Waals surface area contributed by atoms with Gasteiger partial charge in [0.1, 0.15) is 17.4 Å². The van der Waals surface area contributed by atoms with E-state index in [9.17, 15) is 0 Å². The van der Waals surface area contributed by atoms with Gasteiger partial charge in [0.15, 0.2) is 5.75 Å². The van der Waals surface area contributed by atoms with Crippen LogP contribution in [0, 0.1) is 0 Å². The number of benzene rings is 1. The molecule has 21 heavy (non-hydrogen) atoms. The molecule has 0 fully saturated rings. The number of aromatic nitrogens is 1. The monoisotopic (exact) mass is 279 g/mol. The number of nitrogens with zero attached hydrogens (tertiary/aromatic N) is 2. The van der Waals surface area contributed by atoms with Crippen LogP contribution < -0.4 is 10.1 Å². The van der Waals surface area contributed by atoms with Gasteiger partial charge in [0, 0.05) is 17.1 Å². The van der Waals surface area contributed by atoms with Gasteiger partial charge >= 0.3 is 0 Å². The van der Waals surface area contributed by atoms with E-state index in [1.807, 2.05) is 19.1 Å². The fourth-order valence-electron chi connectivity index (χ4n) is 2.62. The third-order valence-electron chi connectivity index (χ3n) is 3.62. The van der Waals surface area contributed by atoms with Crippen LogP contribution in [0.15, 0.2) is 60.0 Å². The molecule has 0 aliphatic carbocycles. The van der Waals surface area contributed by atoms with Crippen LogP contribution in [0.2, 0.25) is 0 Å². The molecule has 1 N–H and O–H groups in total. The van der Waals surface area contributed by atoms with Crippen LogP contribution in [0.25, 0.3) is 10.9 Å². The summed E-state index contributed by atoms with van der Waals surface area (Å²) in [7, 11) is 0. The summed E-state index contributed by atoms with van der Waals surface area (Å²) in [5.41, 5.74) is 1.99. The van der Waals surface area contributed by atoms with Crippen LogP contribution in [0.3, 0.4) is 0 Å². The van der Waals surface area contributed by atoms with Gasteiger partial charge in [-0.3, -0.25) is 4.98 Å². The third-order valence-corrected chi connectivity index (χ3v) is 3.62. The van der Waals surface area contributed by atoms with E-state index in [-0.39, 0.29) is 12.1 Å². The van der Waals surface area contributed by atoms with E-state index < -0.39 is 0 Å². The predicted molar refractivity (Wildman–Crippen MR) is 85.5 cm³/mol. The van der Waals surface area contributed by atoms with Gasteiger partial charge in [-0.1, -0.05) is 30.9 Å². The summed E-state index contributed by atoms with van der Waals surface area (Å²) in [5, 5.41) is 4.42. The molecule has 1 aliphatic heterocycles. The lowest BCUT2D eigenvalue weighted by Gasteiger charge is -2.17. The summed E-state index contributed by atoms with van der Waals surface area (Å²) in [4.78, 5) is 8.41. The first-order valence-corrected chi connectivity index (χ1v) is 6.85. The Morgan fingerprint density at radius 3 is 3.05 bits per heavy atom. The number of nitrogens with one attached hydrogen (secondary N) is 1. The molecule has 0 amide bonds. The average molecular weight is 279 g/mol. The Kier molecular flexibility index (Phi) is 3.44. The van der Waals surface area contributed by atoms with Gasteiger partial charge in [-0.05, 0) is 25.8 Å². The maximum Gasteiger partial charge on any atom is 0.151 e. The van der Waals surface area contributed by atoms with Crippen LogP contribution in [0.4, 0.5) is 0 Å². The average Bonchev–Trinajstić information content (AvgIpc) is 2.83. The summed E-state index contributed by atoms with van der Waals surface area (Å²) in [6.07, 6.45) is 5.24. The van der Waals surface area contributed by atoms with E-state index in [0.29, 0.717) is 5.82 Å². The van der Waals surface area contributed by atoms with E-state index in [2.05, 4.69) is 40.7 Å². The zero-order chi connectivity index (χ0) is 14.8. The van der Waals surface area contributed by atoms with Crippen molar-refractivity contribution in [3.63, 3.8) is 0 Å². The molecule has 3 rings (SSSR count). The molecule has 2 atom stereocenters. The standard InChI is InChI=1S/C17H17N3O/c1-4-6-14(18-3)20-15-11(2)21-17-13(15)9-8-12-7-5-10-19-16(12)17/h4-11,15,20H,1,3H2,2H3/b14-6+. The van der Waals surface area contributed by atoms with Crippen LogP contribution >= 0.6 is 0 Å². The Hall–Kier alpha value is -2.62. The van der Waals surface area contributed by atoms with Gasteiger partial charge in [0.05, 0.1) is 6.04 Å². The van der Waals surface area contributed by atoms with Crippen molar-refractivity contribution >= 4 is 17.6 Å². The Balaban J connectivity index is 2.04. The van der Waals surface area contributed by atoms with Gasteiger partial charge in [0.2, 0.25) is 0 Å². The van der Waals surface area contributed by atoms with Crippen molar-refractivity contribution in [2.24, 2.45) is 4.99 Å². The van der Waals surface area contributed by atoms with Crippen molar-refractivity contribution in [3.8, 4) is 5.75 Å². The summed E-state index contributed by atoms with van der Waals surface area (Å²) >= 11 is 0. The van der Waals surface area contributed by atoms with Crippen molar-refractivity contribution in [1.29, 1.82) is 0 Å². The highest BCUT2D eigenvalue weighted by molar-refractivity contribution is 5.86. The molecule has 106 valence electrons. The van der Waals surface area contributed by atoms with E-state index in [4.69, 9.17) is 4.74 Å². The molecule has 2 aromatic rings. The second-order valence-electron chi connectivity index (χ2n) is 4.95. The second-order valence-corrected chi connectivity index (χ2v) is 4.95. The summed E-state index contributed by atoms with van der Waals surface area (Å²) in [5.74, 6) is 1.53. The Labute approximate surface area is 123 Å². The Morgan fingerprint density at radius 2 is 2.29 bits per heavy atom. The normalized spacial score (nSPS) is 20.7. The lowest BCUT2D eigenvalue weighted by Crippen LogP contribution is -2.27. The van der Waals surface area contributed by atoms with Crippen molar-refractivity contribution in [1.82, 2.24) is 10.3 Å². The topological polar surface area (TPSA) is 46.5 Å². The number of allylic oxidation sites excluding steroid dienone is 2. The van der Waals surface area contributed by atoms with Gasteiger partial charge in [0.25, 0.3) is 0 Å². The molecule has 4 nitrogen and oxygen atoms in total. The van der Waals surface area contributed by atoms with Crippen molar-refractivity contribution in [2.75, 3.05) is 0 Å². The number of rotatable bonds is 4. The van der Waals surface area contributed by atoms with Crippen molar-refractivity contribution in [2.45, 2.75) is 19.1 Å². The zero-order valence-corrected chi connectivity index (χ0v) is 11.9. The molecule has 2 heterocycles. The number of fused-ring (bicyclic) bond motifs is 3. The van der Waals surface area contributed by atoms with E-state index in [1.165, 1.54) is 0 Å². The molecule has 0 saturated heterocycles. The number of hydrogen-bond donors (Lipinski definition) is 1. The van der Waals surface area contributed by atoms with Crippen LogP contribution in [-0.4, -0.2) is 17.8 Å². The highest BCUT2D eigenvalue weighted by atomic mass is 16.5. The summed E-state index contributed by atoms with van der Waals surface area (Å²) in [6.45, 7) is 9.28. The van der Waals surface area contributed by atoms with E-state index >= 15 is 0 Å². The lowest BCUT2D eigenvalue weighted by atomic mass is 10.0. The Bertz CT molecular complexity index is 736. The Morgan fingerprint density at radius 1 is 1.43 bits per heavy atom. The minimum absolute atomic E-state index is 0.0115. The first kappa shape index (κ1) is 13.4. The first-order chi connectivity index (χ1) is 10.2. The molecule has 0 bridgehead atoms. The van der Waals surface area contributed by atoms with Gasteiger partial charge in [-0.2, -0.15) is 0 Å². The van der Waals surface area contributed by atoms with Crippen LogP contribution in [0.5, 0.6) is 5.75 Å². The first-order valence-electron chi connectivity index (χ1n) is 6.85. The molecule has 0 saturated carbocycles. The minimum atomic E-state index is -0.0115. The minimum Gasteiger partial charge on any atom is -0.486 e. The van der Waals surface area contributed by atoms with Gasteiger partial charge in [-0.15, -0.1) is 0 Å². The fourth-order valence-corrected chi connectivity index (χ4v) is 2.62. The molecular weight excluding hydrogens is 262 g/mol. The highest BCUT2D eigenvalue weighted by Gasteiger charge is 2.33. The van der Waals surface area contributed by atoms with E-state index in [0.717, 1.165) is 22.2 Å². The molecular formula is C17H17N3O. The number of pyridine rings is 1. The van der Waals surface area contributed by atoms with Crippen molar-refractivity contribution < 1.29 is 4.74 Å². The molecule has 1 aromatic carbocycles. The molecule has 1 aromatic heterocycles. The van der Waals surface area contributed by atoms with Crippen LogP contribution in [-0.2, 0) is 0 Å². The molecule has 4 heteroatoms. The quantitative estimate of drug-likeness (QED) is 0.689. The molecule has 0 radical (unpaired) electrons. The van der Waals surface area contributed by atoms with E-state index in [1.54, 1.807) is 18.3 Å². The maximum absolute atomic E-state index is 6.02. The highest BCUT2D eigenvalue weighted by Crippen LogP contribution is 2.41. The zero-order valence-electron chi connectivity index (χ0n) is 11.9. The smallest absolute Gasteiger partial charge is 0.151 e. The second kappa shape index (κ2) is 5.40. The molecule has 2 unspecified atom stereocenters. The van der Waals surface area contributed by atoms with Gasteiger partial charge < -0.3 is 10.1 Å². The van der Waals surface area contributed by atoms with Crippen LogP contribution in [0.1, 0.15) is 18.5 Å². The largest absolute Gasteiger partial charge is 0.486 e. The van der Waals surface area contributed by atoms with Crippen molar-refractivity contribution in [3.05, 3.63) is 60.6 Å². The fraction of sp³-hybridized carbons (Fsp3) is 0.176. The third kappa shape index (κ3) is 2.29. The lowest BCUT2D eigenvalue weighted by molar-refractivity contribution is 0.217. The van der Waals surface area contributed by atoms with Gasteiger partial charge in [-0.25, -0.2) is 4.99 Å². The predicted octanol–water partition coefficient (Wildman–Crippen LogP) is 3.37. The maximum atomic E-state index is 6.02.